The fourth-order valence-electron chi connectivity index (χ4n) is 6.59. The van der Waals surface area contributed by atoms with E-state index in [0.717, 1.165) is 33.6 Å². The van der Waals surface area contributed by atoms with Crippen molar-refractivity contribution in [2.24, 2.45) is 5.92 Å². The van der Waals surface area contributed by atoms with Crippen LogP contribution in [0, 0.1) is 5.92 Å². The van der Waals surface area contributed by atoms with Crippen molar-refractivity contribution in [2.75, 3.05) is 13.7 Å². The van der Waals surface area contributed by atoms with E-state index in [1.165, 1.54) is 7.11 Å². The first-order chi connectivity index (χ1) is 24.9. The van der Waals surface area contributed by atoms with Crippen molar-refractivity contribution in [3.05, 3.63) is 172 Å². The van der Waals surface area contributed by atoms with Gasteiger partial charge in [-0.25, -0.2) is 0 Å². The fourth-order valence-corrected chi connectivity index (χ4v) is 6.77. The van der Waals surface area contributed by atoms with Gasteiger partial charge in [0.25, 0.3) is 0 Å². The Morgan fingerprint density at radius 2 is 1.31 bits per heavy atom. The lowest BCUT2D eigenvalue weighted by atomic mass is 9.76. The average molecular weight is 707 g/mol. The number of hydrogen-bond donors (Lipinski definition) is 1. The quantitative estimate of drug-likeness (QED) is 0.110. The third-order valence-corrected chi connectivity index (χ3v) is 9.97. The first-order valence-electron chi connectivity index (χ1n) is 17.1. The number of hydrogen-bond acceptors (Lipinski definition) is 7. The molecule has 0 aromatic heterocycles. The SMILES string of the molecule is CO[C@@]1(c2ccc(Cl)c(Cc3ccc(OCc4ccccc4)cc3)c2)O[C@](C=O)(CO)[C@@H](C)[C@H](OCc2ccccc2)[C@H]1OCc1ccccc1. The normalized spacial score (nSPS) is 23.1. The first-order valence-corrected chi connectivity index (χ1v) is 17.5. The van der Waals surface area contributed by atoms with Crippen molar-refractivity contribution in [3.63, 3.8) is 0 Å². The van der Waals surface area contributed by atoms with Crippen LogP contribution in [-0.2, 0) is 55.8 Å². The lowest BCUT2D eigenvalue weighted by Gasteiger charge is -2.54. The average Bonchev–Trinajstić information content (AvgIpc) is 3.18. The molecular weight excluding hydrogens is 664 g/mol. The molecule has 0 bridgehead atoms. The monoisotopic (exact) mass is 706 g/mol. The van der Waals surface area contributed by atoms with Crippen LogP contribution < -0.4 is 4.74 Å². The van der Waals surface area contributed by atoms with Crippen LogP contribution in [0.25, 0.3) is 0 Å². The molecular formula is C43H43ClO7. The maximum absolute atomic E-state index is 12.9. The lowest BCUT2D eigenvalue weighted by Crippen LogP contribution is -2.68. The van der Waals surface area contributed by atoms with Gasteiger partial charge in [-0.15, -0.1) is 0 Å². The van der Waals surface area contributed by atoms with Gasteiger partial charge in [-0.05, 0) is 58.5 Å². The van der Waals surface area contributed by atoms with E-state index >= 15 is 0 Å². The van der Waals surface area contributed by atoms with Crippen LogP contribution in [0.15, 0.2) is 133 Å². The molecule has 1 N–H and O–H groups in total. The Morgan fingerprint density at radius 1 is 0.745 bits per heavy atom. The van der Waals surface area contributed by atoms with Gasteiger partial charge in [0.05, 0.1) is 25.9 Å². The van der Waals surface area contributed by atoms with Gasteiger partial charge in [-0.2, -0.15) is 0 Å². The minimum atomic E-state index is -1.67. The van der Waals surface area contributed by atoms with E-state index in [2.05, 4.69) is 0 Å². The third-order valence-electron chi connectivity index (χ3n) is 9.60. The zero-order valence-electron chi connectivity index (χ0n) is 28.8. The molecule has 5 aromatic rings. The number of methoxy groups -OCH3 is 1. The Labute approximate surface area is 304 Å². The molecule has 0 radical (unpaired) electrons. The molecule has 1 aliphatic heterocycles. The predicted molar refractivity (Wildman–Crippen MR) is 196 cm³/mol. The summed E-state index contributed by atoms with van der Waals surface area (Å²) in [5.74, 6) is -1.51. The summed E-state index contributed by atoms with van der Waals surface area (Å²) < 4.78 is 32.4. The van der Waals surface area contributed by atoms with Crippen molar-refractivity contribution in [3.8, 4) is 5.75 Å². The summed E-state index contributed by atoms with van der Waals surface area (Å²) in [6, 6.07) is 43.0. The van der Waals surface area contributed by atoms with E-state index in [-0.39, 0.29) is 13.2 Å². The second-order valence-electron chi connectivity index (χ2n) is 12.9. The molecule has 0 aliphatic carbocycles. The molecule has 51 heavy (non-hydrogen) atoms. The van der Waals surface area contributed by atoms with Crippen LogP contribution in [-0.4, -0.2) is 42.9 Å². The molecule has 8 heteroatoms. The molecule has 264 valence electrons. The second-order valence-corrected chi connectivity index (χ2v) is 13.3. The first kappa shape index (κ1) is 36.5. The summed E-state index contributed by atoms with van der Waals surface area (Å²) in [5.41, 5.74) is 3.74. The van der Waals surface area contributed by atoms with Gasteiger partial charge < -0.3 is 33.6 Å². The summed E-state index contributed by atoms with van der Waals surface area (Å²) in [5, 5.41) is 11.3. The van der Waals surface area contributed by atoms with Crippen molar-refractivity contribution in [1.29, 1.82) is 0 Å². The minimum Gasteiger partial charge on any atom is -0.489 e. The number of halogens is 1. The van der Waals surface area contributed by atoms with Gasteiger partial charge in [0.2, 0.25) is 5.79 Å². The summed E-state index contributed by atoms with van der Waals surface area (Å²) in [6.07, 6.45) is -0.446. The Kier molecular flexibility index (Phi) is 12.0. The van der Waals surface area contributed by atoms with Gasteiger partial charge in [-0.1, -0.05) is 128 Å². The molecule has 5 atom stereocenters. The number of carbonyl (C=O) groups is 1. The Morgan fingerprint density at radius 3 is 1.86 bits per heavy atom. The maximum atomic E-state index is 12.9. The summed E-state index contributed by atoms with van der Waals surface area (Å²) in [7, 11) is 1.51. The summed E-state index contributed by atoms with van der Waals surface area (Å²) in [4.78, 5) is 12.9. The van der Waals surface area contributed by atoms with Crippen molar-refractivity contribution in [1.82, 2.24) is 0 Å². The Hall–Kier alpha value is -4.34. The van der Waals surface area contributed by atoms with Gasteiger partial charge in [0.15, 0.2) is 11.9 Å². The smallest absolute Gasteiger partial charge is 0.225 e. The zero-order chi connectivity index (χ0) is 35.7. The van der Waals surface area contributed by atoms with Crippen molar-refractivity contribution in [2.45, 2.75) is 56.8 Å². The topological polar surface area (TPSA) is 83.5 Å². The molecule has 1 saturated heterocycles. The molecule has 1 aliphatic rings. The number of aliphatic hydroxyl groups is 1. The number of rotatable bonds is 15. The Bertz CT molecular complexity index is 1840. The van der Waals surface area contributed by atoms with Crippen LogP contribution in [0.4, 0.5) is 0 Å². The third kappa shape index (κ3) is 8.26. The van der Waals surface area contributed by atoms with Crippen LogP contribution in [0.1, 0.15) is 40.3 Å². The van der Waals surface area contributed by atoms with Gasteiger partial charge in [-0.3, -0.25) is 0 Å². The van der Waals surface area contributed by atoms with Gasteiger partial charge >= 0.3 is 0 Å². The lowest BCUT2D eigenvalue weighted by molar-refractivity contribution is -0.389. The summed E-state index contributed by atoms with van der Waals surface area (Å²) >= 11 is 6.82. The highest BCUT2D eigenvalue weighted by Crippen LogP contribution is 2.48. The van der Waals surface area contributed by atoms with Gasteiger partial charge in [0.1, 0.15) is 18.5 Å². The minimum absolute atomic E-state index is 0.226. The van der Waals surface area contributed by atoms with Crippen molar-refractivity contribution >= 4 is 17.9 Å². The van der Waals surface area contributed by atoms with E-state index in [0.29, 0.717) is 29.9 Å². The van der Waals surface area contributed by atoms with E-state index in [1.54, 1.807) is 6.07 Å². The number of aliphatic hydroxyl groups excluding tert-OH is 1. The number of aldehydes is 1. The zero-order valence-corrected chi connectivity index (χ0v) is 29.6. The van der Waals surface area contributed by atoms with E-state index in [4.69, 9.17) is 35.3 Å². The highest BCUT2D eigenvalue weighted by atomic mass is 35.5. The highest BCUT2D eigenvalue weighted by Gasteiger charge is 2.62. The molecule has 0 unspecified atom stereocenters. The standard InChI is InChI=1S/C43H43ClO7/c1-31-40(49-27-34-14-8-4-9-15-34)41(50-28-35-16-10-5-11-17-35)43(47-2,51-42(31,29-45)30-46)37-20-23-39(44)36(25-37)24-32-18-21-38(22-19-32)48-26-33-12-6-3-7-13-33/h3-23,25,29,31,40-41,46H,24,26-28,30H2,1-2H3/t31-,40-,41+,42+,43-/m0/s1. The number of benzene rings is 5. The largest absolute Gasteiger partial charge is 0.489 e. The predicted octanol–water partition coefficient (Wildman–Crippen LogP) is 8.08. The molecule has 6 rings (SSSR count). The van der Waals surface area contributed by atoms with E-state index in [9.17, 15) is 9.90 Å². The number of ether oxygens (including phenoxy) is 5. The van der Waals surface area contributed by atoms with Gasteiger partial charge in [0, 0.05) is 23.6 Å². The van der Waals surface area contributed by atoms with Crippen LogP contribution in [0.2, 0.25) is 5.02 Å². The molecule has 1 fully saturated rings. The van der Waals surface area contributed by atoms with Crippen molar-refractivity contribution < 1.29 is 33.6 Å². The van der Waals surface area contributed by atoms with Crippen LogP contribution in [0.3, 0.4) is 0 Å². The van der Waals surface area contributed by atoms with E-state index < -0.39 is 36.1 Å². The fraction of sp³-hybridized carbons (Fsp3) is 0.279. The molecule has 0 spiro atoms. The molecule has 5 aromatic carbocycles. The van der Waals surface area contributed by atoms with E-state index in [1.807, 2.05) is 134 Å². The maximum Gasteiger partial charge on any atom is 0.225 e. The summed E-state index contributed by atoms with van der Waals surface area (Å²) in [6.45, 7) is 2.20. The second kappa shape index (κ2) is 16.8. The molecule has 0 amide bonds. The number of carbonyl (C=O) groups excluding carboxylic acids is 1. The highest BCUT2D eigenvalue weighted by molar-refractivity contribution is 6.31. The van der Waals surface area contributed by atoms with Crippen LogP contribution in [0.5, 0.6) is 5.75 Å². The molecule has 7 nitrogen and oxygen atoms in total. The van der Waals surface area contributed by atoms with Crippen LogP contribution >= 0.6 is 11.6 Å². The molecule has 1 heterocycles. The molecule has 0 saturated carbocycles. The Balaban J connectivity index is 1.34.